The molecule has 0 saturated carbocycles. The molecule has 1 nitrogen and oxygen atoms in total. The van der Waals surface area contributed by atoms with Crippen LogP contribution in [0.3, 0.4) is 0 Å². The summed E-state index contributed by atoms with van der Waals surface area (Å²) in [7, 11) is 0. The fourth-order valence-corrected chi connectivity index (χ4v) is 2.57. The molecule has 3 rings (SSSR count). The van der Waals surface area contributed by atoms with Gasteiger partial charge in [-0.3, -0.25) is 0 Å². The Morgan fingerprint density at radius 3 is 2.94 bits per heavy atom. The molecule has 0 amide bonds. The van der Waals surface area contributed by atoms with Crippen LogP contribution >= 0.6 is 11.6 Å². The highest BCUT2D eigenvalue weighted by Gasteiger charge is 2.12. The van der Waals surface area contributed by atoms with Crippen LogP contribution in [0.5, 0.6) is 0 Å². The first-order valence-corrected chi connectivity index (χ1v) is 6.26. The Bertz CT molecular complexity index is 575. The van der Waals surface area contributed by atoms with Crippen LogP contribution in [0.1, 0.15) is 11.1 Å². The van der Waals surface area contributed by atoms with Gasteiger partial charge in [-0.1, -0.05) is 29.8 Å². The Balaban J connectivity index is 2.13. The third-order valence-electron chi connectivity index (χ3n) is 3.39. The third kappa shape index (κ3) is 1.81. The molecule has 0 radical (unpaired) electrons. The quantitative estimate of drug-likeness (QED) is 0.788. The van der Waals surface area contributed by atoms with Crippen molar-refractivity contribution in [2.45, 2.75) is 13.3 Å². The molecule has 86 valence electrons. The van der Waals surface area contributed by atoms with Crippen molar-refractivity contribution in [1.82, 2.24) is 0 Å². The average Bonchev–Trinajstić information content (AvgIpc) is 2.79. The Morgan fingerprint density at radius 2 is 2.06 bits per heavy atom. The number of hydrogen-bond donors (Lipinski definition) is 1. The van der Waals surface area contributed by atoms with E-state index in [9.17, 15) is 0 Å². The van der Waals surface area contributed by atoms with Crippen LogP contribution in [0.15, 0.2) is 36.4 Å². The number of nitrogens with one attached hydrogen (secondary N) is 1. The molecule has 0 spiro atoms. The summed E-state index contributed by atoms with van der Waals surface area (Å²) in [5.74, 6) is 0. The van der Waals surface area contributed by atoms with E-state index in [4.69, 9.17) is 11.6 Å². The molecule has 0 aliphatic carbocycles. The number of hydrogen-bond acceptors (Lipinski definition) is 1. The lowest BCUT2D eigenvalue weighted by molar-refractivity contribution is 1.11. The van der Waals surface area contributed by atoms with Crippen molar-refractivity contribution in [3.8, 4) is 11.1 Å². The van der Waals surface area contributed by atoms with E-state index in [1.54, 1.807) is 0 Å². The zero-order valence-electron chi connectivity index (χ0n) is 9.76. The maximum Gasteiger partial charge on any atom is 0.0441 e. The SMILES string of the molecule is Cc1c(Cl)cccc1-c1ccc2c(c1)CCN2. The average molecular weight is 244 g/mol. The largest absolute Gasteiger partial charge is 0.384 e. The molecule has 1 aliphatic rings. The molecule has 0 saturated heterocycles. The van der Waals surface area contributed by atoms with Crippen LogP contribution in [0.25, 0.3) is 11.1 Å². The van der Waals surface area contributed by atoms with Gasteiger partial charge in [-0.25, -0.2) is 0 Å². The first-order valence-electron chi connectivity index (χ1n) is 5.88. The summed E-state index contributed by atoms with van der Waals surface area (Å²) in [6.45, 7) is 3.12. The molecule has 17 heavy (non-hydrogen) atoms. The van der Waals surface area contributed by atoms with E-state index in [1.165, 1.54) is 22.4 Å². The van der Waals surface area contributed by atoms with E-state index in [0.717, 1.165) is 23.6 Å². The standard InChI is InChI=1S/C15H14ClN/c1-10-13(3-2-4-14(10)16)11-5-6-15-12(9-11)7-8-17-15/h2-6,9,17H,7-8H2,1H3. The second-order valence-corrected chi connectivity index (χ2v) is 4.87. The van der Waals surface area contributed by atoms with Gasteiger partial charge in [0.1, 0.15) is 0 Å². The first kappa shape index (κ1) is 10.7. The van der Waals surface area contributed by atoms with Crippen molar-refractivity contribution < 1.29 is 0 Å². The van der Waals surface area contributed by atoms with Crippen LogP contribution in [-0.2, 0) is 6.42 Å². The van der Waals surface area contributed by atoms with Gasteiger partial charge in [0.15, 0.2) is 0 Å². The molecule has 0 aromatic heterocycles. The van der Waals surface area contributed by atoms with E-state index >= 15 is 0 Å². The lowest BCUT2D eigenvalue weighted by Crippen LogP contribution is -1.90. The summed E-state index contributed by atoms with van der Waals surface area (Å²) in [6, 6.07) is 12.7. The second-order valence-electron chi connectivity index (χ2n) is 4.46. The molecule has 0 bridgehead atoms. The van der Waals surface area contributed by atoms with Gasteiger partial charge in [0.25, 0.3) is 0 Å². The van der Waals surface area contributed by atoms with Crippen LogP contribution in [0.2, 0.25) is 5.02 Å². The molecule has 0 fully saturated rings. The van der Waals surface area contributed by atoms with Crippen molar-refractivity contribution in [3.05, 3.63) is 52.5 Å². The van der Waals surface area contributed by atoms with Gasteiger partial charge in [-0.05, 0) is 53.8 Å². The number of benzene rings is 2. The molecule has 1 aliphatic heterocycles. The summed E-state index contributed by atoms with van der Waals surface area (Å²) < 4.78 is 0. The van der Waals surface area contributed by atoms with Gasteiger partial charge in [-0.2, -0.15) is 0 Å². The van der Waals surface area contributed by atoms with E-state index in [-0.39, 0.29) is 0 Å². The van der Waals surface area contributed by atoms with Crippen molar-refractivity contribution >= 4 is 17.3 Å². The first-order chi connectivity index (χ1) is 8.25. The highest BCUT2D eigenvalue weighted by atomic mass is 35.5. The van der Waals surface area contributed by atoms with Gasteiger partial charge in [0.2, 0.25) is 0 Å². The van der Waals surface area contributed by atoms with Crippen molar-refractivity contribution in [2.24, 2.45) is 0 Å². The van der Waals surface area contributed by atoms with E-state index in [1.807, 2.05) is 12.1 Å². The summed E-state index contributed by atoms with van der Waals surface area (Å²) in [5, 5.41) is 4.21. The maximum atomic E-state index is 6.17. The Morgan fingerprint density at radius 1 is 1.18 bits per heavy atom. The number of anilines is 1. The minimum Gasteiger partial charge on any atom is -0.384 e. The monoisotopic (exact) mass is 243 g/mol. The predicted octanol–water partition coefficient (Wildman–Crippen LogP) is 4.28. The lowest BCUT2D eigenvalue weighted by Gasteiger charge is -2.09. The van der Waals surface area contributed by atoms with Gasteiger partial charge in [0, 0.05) is 17.3 Å². The van der Waals surface area contributed by atoms with E-state index in [2.05, 4.69) is 36.5 Å². The maximum absolute atomic E-state index is 6.17. The Labute approximate surface area is 106 Å². The summed E-state index contributed by atoms with van der Waals surface area (Å²) in [4.78, 5) is 0. The smallest absolute Gasteiger partial charge is 0.0441 e. The molecule has 0 atom stereocenters. The molecular formula is C15H14ClN. The van der Waals surface area contributed by atoms with Crippen molar-refractivity contribution in [1.29, 1.82) is 0 Å². The molecule has 2 aromatic carbocycles. The van der Waals surface area contributed by atoms with Crippen LogP contribution in [0, 0.1) is 6.92 Å². The zero-order valence-corrected chi connectivity index (χ0v) is 10.5. The molecule has 2 aromatic rings. The van der Waals surface area contributed by atoms with Crippen LogP contribution < -0.4 is 5.32 Å². The second kappa shape index (κ2) is 4.08. The molecular weight excluding hydrogens is 230 g/mol. The Kier molecular flexibility index (Phi) is 2.56. The Hall–Kier alpha value is -1.47. The van der Waals surface area contributed by atoms with E-state index in [0.29, 0.717) is 0 Å². The van der Waals surface area contributed by atoms with Gasteiger partial charge >= 0.3 is 0 Å². The normalized spacial score (nSPS) is 13.3. The minimum absolute atomic E-state index is 0.834. The summed E-state index contributed by atoms with van der Waals surface area (Å²) in [5.41, 5.74) is 6.31. The lowest BCUT2D eigenvalue weighted by atomic mass is 9.98. The summed E-state index contributed by atoms with van der Waals surface area (Å²) >= 11 is 6.17. The van der Waals surface area contributed by atoms with Gasteiger partial charge < -0.3 is 5.32 Å². The van der Waals surface area contributed by atoms with Crippen molar-refractivity contribution in [2.75, 3.05) is 11.9 Å². The van der Waals surface area contributed by atoms with Gasteiger partial charge in [0.05, 0.1) is 0 Å². The topological polar surface area (TPSA) is 12.0 Å². The van der Waals surface area contributed by atoms with Crippen molar-refractivity contribution in [3.63, 3.8) is 0 Å². The predicted molar refractivity (Wildman–Crippen MR) is 73.8 cm³/mol. The molecule has 2 heteroatoms. The number of halogens is 1. The van der Waals surface area contributed by atoms with Gasteiger partial charge in [-0.15, -0.1) is 0 Å². The highest BCUT2D eigenvalue weighted by molar-refractivity contribution is 6.31. The molecule has 1 N–H and O–H groups in total. The molecule has 0 unspecified atom stereocenters. The summed E-state index contributed by atoms with van der Waals surface area (Å²) in [6.07, 6.45) is 1.11. The molecule has 1 heterocycles. The number of rotatable bonds is 1. The van der Waals surface area contributed by atoms with Crippen LogP contribution in [0.4, 0.5) is 5.69 Å². The number of fused-ring (bicyclic) bond motifs is 1. The highest BCUT2D eigenvalue weighted by Crippen LogP contribution is 2.32. The minimum atomic E-state index is 0.834. The fourth-order valence-electron chi connectivity index (χ4n) is 2.39. The zero-order chi connectivity index (χ0) is 11.8. The fraction of sp³-hybridized carbons (Fsp3) is 0.200. The van der Waals surface area contributed by atoms with E-state index < -0.39 is 0 Å². The van der Waals surface area contributed by atoms with Crippen LogP contribution in [-0.4, -0.2) is 6.54 Å². The third-order valence-corrected chi connectivity index (χ3v) is 3.80.